The Morgan fingerprint density at radius 3 is 1.53 bits per heavy atom. The van der Waals surface area contributed by atoms with E-state index in [2.05, 4.69) is 54.2 Å². The summed E-state index contributed by atoms with van der Waals surface area (Å²) in [5.41, 5.74) is 0. The predicted molar refractivity (Wildman–Crippen MR) is 74.6 cm³/mol. The lowest BCUT2D eigenvalue weighted by atomic mass is 9.72. The Morgan fingerprint density at radius 1 is 0.800 bits per heavy atom. The van der Waals surface area contributed by atoms with E-state index >= 15 is 0 Å². The van der Waals surface area contributed by atoms with Crippen LogP contribution in [-0.4, -0.2) is 5.25 Å². The van der Waals surface area contributed by atoms with Gasteiger partial charge in [-0.2, -0.15) is 12.6 Å². The molecule has 92 valence electrons. The first-order valence-electron chi connectivity index (χ1n) is 6.67. The number of hydrogen-bond donors (Lipinski definition) is 1. The predicted octanol–water partition coefficient (Wildman–Crippen LogP) is 5.04. The van der Waals surface area contributed by atoms with Gasteiger partial charge in [-0.15, -0.1) is 0 Å². The van der Waals surface area contributed by atoms with Gasteiger partial charge in [-0.05, 0) is 23.7 Å². The summed E-state index contributed by atoms with van der Waals surface area (Å²) in [6, 6.07) is 0. The van der Waals surface area contributed by atoms with Crippen LogP contribution in [0.4, 0.5) is 0 Å². The molecule has 0 aliphatic heterocycles. The minimum Gasteiger partial charge on any atom is -0.176 e. The van der Waals surface area contributed by atoms with Crippen LogP contribution in [0.5, 0.6) is 0 Å². The Bertz CT molecular complexity index is 153. The third-order valence-electron chi connectivity index (χ3n) is 4.30. The van der Waals surface area contributed by atoms with Crippen LogP contribution in [0.1, 0.15) is 60.8 Å². The van der Waals surface area contributed by atoms with Crippen LogP contribution in [-0.2, 0) is 0 Å². The second kappa shape index (κ2) is 7.60. The summed E-state index contributed by atoms with van der Waals surface area (Å²) in [5.74, 6) is 3.31. The fourth-order valence-corrected chi connectivity index (χ4v) is 3.07. The van der Waals surface area contributed by atoms with Crippen molar-refractivity contribution in [2.75, 3.05) is 0 Å². The molecule has 0 saturated heterocycles. The molecule has 0 amide bonds. The molecule has 0 spiro atoms. The van der Waals surface area contributed by atoms with Crippen molar-refractivity contribution in [2.45, 2.75) is 66.1 Å². The summed E-state index contributed by atoms with van der Waals surface area (Å²) in [6.45, 7) is 14.0. The highest BCUT2D eigenvalue weighted by Gasteiger charge is 2.29. The van der Waals surface area contributed by atoms with E-state index in [0.717, 1.165) is 23.7 Å². The maximum Gasteiger partial charge on any atom is 0.00168 e. The molecule has 1 heteroatoms. The van der Waals surface area contributed by atoms with Crippen molar-refractivity contribution in [1.29, 1.82) is 0 Å². The molecule has 0 aliphatic carbocycles. The lowest BCUT2D eigenvalue weighted by Crippen LogP contribution is -2.29. The van der Waals surface area contributed by atoms with E-state index in [9.17, 15) is 0 Å². The number of rotatable bonds is 7. The molecule has 5 unspecified atom stereocenters. The molecular weight excluding hydrogens is 200 g/mol. The van der Waals surface area contributed by atoms with Gasteiger partial charge >= 0.3 is 0 Å². The summed E-state index contributed by atoms with van der Waals surface area (Å²) in [7, 11) is 0. The average Bonchev–Trinajstić information content (AvgIpc) is 2.23. The van der Waals surface area contributed by atoms with Crippen LogP contribution in [0, 0.1) is 23.7 Å². The van der Waals surface area contributed by atoms with Crippen molar-refractivity contribution in [3.63, 3.8) is 0 Å². The monoisotopic (exact) mass is 230 g/mol. The first-order valence-corrected chi connectivity index (χ1v) is 7.19. The molecule has 0 radical (unpaired) electrons. The largest absolute Gasteiger partial charge is 0.176 e. The van der Waals surface area contributed by atoms with Gasteiger partial charge in [-0.1, -0.05) is 60.8 Å². The van der Waals surface area contributed by atoms with Crippen LogP contribution >= 0.6 is 12.6 Å². The summed E-state index contributed by atoms with van der Waals surface area (Å²) < 4.78 is 0. The van der Waals surface area contributed by atoms with Crippen molar-refractivity contribution >= 4 is 12.6 Å². The molecule has 0 saturated carbocycles. The normalized spacial score (nSPS) is 21.8. The first-order chi connectivity index (χ1) is 6.99. The molecule has 0 rings (SSSR count). The topological polar surface area (TPSA) is 0 Å². The third-order valence-corrected chi connectivity index (χ3v) is 4.77. The van der Waals surface area contributed by atoms with Gasteiger partial charge in [0.15, 0.2) is 0 Å². The Kier molecular flexibility index (Phi) is 7.77. The average molecular weight is 230 g/mol. The fraction of sp³-hybridized carbons (Fsp3) is 1.00. The Balaban J connectivity index is 4.59. The van der Waals surface area contributed by atoms with Gasteiger partial charge in [0.25, 0.3) is 0 Å². The zero-order chi connectivity index (χ0) is 12.0. The van der Waals surface area contributed by atoms with Gasteiger partial charge < -0.3 is 0 Å². The Labute approximate surface area is 103 Å². The molecule has 0 aromatic carbocycles. The van der Waals surface area contributed by atoms with Gasteiger partial charge in [0.2, 0.25) is 0 Å². The van der Waals surface area contributed by atoms with E-state index in [1.807, 2.05) is 0 Å². The molecule has 0 aliphatic rings. The molecule has 0 heterocycles. The van der Waals surface area contributed by atoms with Gasteiger partial charge in [-0.3, -0.25) is 0 Å². The van der Waals surface area contributed by atoms with E-state index in [0.29, 0.717) is 5.25 Å². The van der Waals surface area contributed by atoms with Crippen LogP contribution in [0.2, 0.25) is 0 Å². The minimum absolute atomic E-state index is 0.521. The number of thiol groups is 1. The van der Waals surface area contributed by atoms with E-state index < -0.39 is 0 Å². The zero-order valence-corrected chi connectivity index (χ0v) is 12.3. The molecule has 0 nitrogen and oxygen atoms in total. The summed E-state index contributed by atoms with van der Waals surface area (Å²) in [6.07, 6.45) is 3.93. The summed E-state index contributed by atoms with van der Waals surface area (Å²) in [5, 5.41) is 0.521. The van der Waals surface area contributed by atoms with Crippen molar-refractivity contribution in [3.8, 4) is 0 Å². The maximum absolute atomic E-state index is 4.62. The highest BCUT2D eigenvalue weighted by atomic mass is 32.1. The molecule has 0 bridgehead atoms. The van der Waals surface area contributed by atoms with Crippen LogP contribution in [0.25, 0.3) is 0 Å². The summed E-state index contributed by atoms with van der Waals surface area (Å²) in [4.78, 5) is 0. The fourth-order valence-electron chi connectivity index (χ4n) is 2.85. The quantitative estimate of drug-likeness (QED) is 0.582. The summed E-state index contributed by atoms with van der Waals surface area (Å²) >= 11 is 4.62. The first kappa shape index (κ1) is 15.3. The lowest BCUT2D eigenvalue weighted by molar-refractivity contribution is 0.163. The van der Waals surface area contributed by atoms with Crippen LogP contribution in [0.3, 0.4) is 0 Å². The van der Waals surface area contributed by atoms with Crippen molar-refractivity contribution < 1.29 is 0 Å². The van der Waals surface area contributed by atoms with Crippen molar-refractivity contribution in [1.82, 2.24) is 0 Å². The minimum atomic E-state index is 0.521. The number of hydrogen-bond acceptors (Lipinski definition) is 1. The lowest BCUT2D eigenvalue weighted by Gasteiger charge is -2.36. The third kappa shape index (κ3) is 4.38. The molecule has 0 N–H and O–H groups in total. The molecule has 0 fully saturated rings. The van der Waals surface area contributed by atoms with Crippen LogP contribution < -0.4 is 0 Å². The van der Waals surface area contributed by atoms with E-state index in [1.54, 1.807) is 0 Å². The zero-order valence-electron chi connectivity index (χ0n) is 11.5. The molecule has 0 aromatic heterocycles. The van der Waals surface area contributed by atoms with Gasteiger partial charge in [-0.25, -0.2) is 0 Å². The second-order valence-corrected chi connectivity index (χ2v) is 5.94. The van der Waals surface area contributed by atoms with E-state index in [4.69, 9.17) is 0 Å². The Morgan fingerprint density at radius 2 is 1.27 bits per heavy atom. The van der Waals surface area contributed by atoms with E-state index in [1.165, 1.54) is 19.3 Å². The van der Waals surface area contributed by atoms with Gasteiger partial charge in [0, 0.05) is 5.25 Å². The van der Waals surface area contributed by atoms with Crippen molar-refractivity contribution in [3.05, 3.63) is 0 Å². The van der Waals surface area contributed by atoms with Gasteiger partial charge in [0.1, 0.15) is 0 Å². The van der Waals surface area contributed by atoms with Crippen molar-refractivity contribution in [2.24, 2.45) is 23.7 Å². The molecule has 5 atom stereocenters. The van der Waals surface area contributed by atoms with Gasteiger partial charge in [0.05, 0.1) is 0 Å². The van der Waals surface area contributed by atoms with E-state index in [-0.39, 0.29) is 0 Å². The Hall–Kier alpha value is 0.350. The highest BCUT2D eigenvalue weighted by molar-refractivity contribution is 7.80. The molecular formula is C14H30S. The second-order valence-electron chi connectivity index (χ2n) is 5.13. The highest BCUT2D eigenvalue weighted by Crippen LogP contribution is 2.36. The smallest absolute Gasteiger partial charge is 0.00168 e. The maximum atomic E-state index is 4.62. The SMILES string of the molecule is CCC(C)C(CC)C(CC)C(C)C(C)S. The molecule has 0 aromatic rings. The molecule has 15 heavy (non-hydrogen) atoms. The van der Waals surface area contributed by atoms with Crippen LogP contribution in [0.15, 0.2) is 0 Å². The standard InChI is InChI=1S/C14H30S/c1-7-10(4)13(8-2)14(9-3)11(5)12(6)15/h10-15H,7-9H2,1-6H3.